The van der Waals surface area contributed by atoms with Gasteiger partial charge in [0.2, 0.25) is 16.9 Å². The van der Waals surface area contributed by atoms with Gasteiger partial charge in [-0.15, -0.1) is 73.5 Å². The van der Waals surface area contributed by atoms with Gasteiger partial charge in [0.05, 0.1) is 50.5 Å². The molecule has 0 fully saturated rings. The number of pyridine rings is 4. The van der Waals surface area contributed by atoms with Crippen LogP contribution in [0.3, 0.4) is 0 Å². The van der Waals surface area contributed by atoms with Crippen LogP contribution in [0.15, 0.2) is 357 Å². The van der Waals surface area contributed by atoms with E-state index in [1.54, 1.807) is 11.0 Å². The van der Waals surface area contributed by atoms with E-state index in [1.165, 1.54) is 140 Å². The van der Waals surface area contributed by atoms with E-state index in [2.05, 4.69) is 288 Å². The van der Waals surface area contributed by atoms with E-state index < -0.39 is 0 Å². The summed E-state index contributed by atoms with van der Waals surface area (Å²) in [7, 11) is 0. The number of rotatable bonds is 9. The van der Waals surface area contributed by atoms with Crippen LogP contribution in [0.1, 0.15) is 88.9 Å². The number of para-hydroxylation sites is 2. The number of allylic oxidation sites excluding steroid dienone is 6. The van der Waals surface area contributed by atoms with Crippen molar-refractivity contribution >= 4 is 104 Å². The minimum absolute atomic E-state index is 0. The second-order valence-corrected chi connectivity index (χ2v) is 32.4. The third-order valence-corrected chi connectivity index (χ3v) is 21.7. The summed E-state index contributed by atoms with van der Waals surface area (Å²) >= 11 is 0. The van der Waals surface area contributed by atoms with Gasteiger partial charge >= 0.3 is 0 Å². The fourth-order valence-corrected chi connectivity index (χ4v) is 15.7. The molecule has 13 aromatic carbocycles. The van der Waals surface area contributed by atoms with Crippen molar-refractivity contribution in [3.63, 3.8) is 0 Å². The number of aliphatic hydroxyl groups is 3. The third-order valence-electron chi connectivity index (χ3n) is 21.7. The largest absolute Gasteiger partial charge is 0.512 e. The van der Waals surface area contributed by atoms with Gasteiger partial charge in [0.15, 0.2) is 42.5 Å². The molecule has 0 atom stereocenters. The summed E-state index contributed by atoms with van der Waals surface area (Å²) in [6.45, 7) is 23.4. The second-order valence-electron chi connectivity index (χ2n) is 32.4. The van der Waals surface area contributed by atoms with Crippen molar-refractivity contribution in [3.8, 4) is 61.8 Å². The second kappa shape index (κ2) is 45.5. The molecule has 0 spiro atoms. The van der Waals surface area contributed by atoms with Gasteiger partial charge < -0.3 is 20.3 Å². The molecule has 0 amide bonds. The summed E-state index contributed by atoms with van der Waals surface area (Å²) in [4.78, 5) is 51.4. The van der Waals surface area contributed by atoms with Crippen LogP contribution in [-0.2, 0) is 87.8 Å². The van der Waals surface area contributed by atoms with Crippen molar-refractivity contribution in [2.45, 2.75) is 96.2 Å². The van der Waals surface area contributed by atoms with E-state index in [0.29, 0.717) is 0 Å². The summed E-state index contributed by atoms with van der Waals surface area (Å²) in [5.74, 6) is 0.794. The van der Waals surface area contributed by atoms with Crippen molar-refractivity contribution in [2.24, 2.45) is 11.8 Å². The maximum absolute atomic E-state index is 11.0. The first-order valence-corrected chi connectivity index (χ1v) is 42.8. The van der Waals surface area contributed by atoms with E-state index in [-0.39, 0.29) is 107 Å². The first kappa shape index (κ1) is 97.9. The third kappa shape index (κ3) is 24.3. The predicted molar refractivity (Wildman–Crippen MR) is 520 cm³/mol. The molecule has 131 heavy (non-hydrogen) atoms. The number of hydrogen-bond acceptors (Lipinski definition) is 12. The molecule has 6 aromatic heterocycles. The van der Waals surface area contributed by atoms with Gasteiger partial charge in [0, 0.05) is 148 Å². The minimum atomic E-state index is -0.125. The molecule has 0 saturated heterocycles. The molecule has 0 bridgehead atoms. The monoisotopic (exact) mass is 2260 g/mol. The molecule has 0 saturated carbocycles. The molecule has 0 aliphatic carbocycles. The quantitative estimate of drug-likeness (QED) is 0.0406. The summed E-state index contributed by atoms with van der Waals surface area (Å²) in [6, 6.07) is 112. The number of aryl methyl sites for hydroxylation is 4. The number of aromatic nitrogens is 9. The van der Waals surface area contributed by atoms with Gasteiger partial charge in [-0.3, -0.25) is 24.4 Å². The Morgan fingerprint density at radius 3 is 1.60 bits per heavy atom. The van der Waals surface area contributed by atoms with Crippen LogP contribution in [0.25, 0.3) is 149 Å². The van der Waals surface area contributed by atoms with Gasteiger partial charge in [-0.05, 0) is 135 Å². The molecule has 3 radical (unpaired) electrons. The first-order chi connectivity index (χ1) is 61.9. The van der Waals surface area contributed by atoms with Gasteiger partial charge in [0.1, 0.15) is 11.0 Å². The van der Waals surface area contributed by atoms with Crippen molar-refractivity contribution in [1.29, 1.82) is 0 Å². The molecule has 8 heterocycles. The zero-order valence-corrected chi connectivity index (χ0v) is 82.2. The SMILES string of the molecule is CC(=O)C=C(C)O.CC(=O)C=C(C)O.CC(C)C(=O)C=C(O)C(C)C.Cc1[c-]c(-c2ccc3ccccc3n2)cc(C)c1.Cc1cc2ccccc2[n+]2c1-c1ccccc1C2.Cc1cnc2c3[c-]cc(-c4ccccc4)cc3c3cc(-c4ccccc4)ccc3c2n1.[Ir].[Ir].[Ir].c1ccc2c(-n3nc4ccccc4n3)nccc2c1.c1ccc2c(c1)C[n+]1ccc3ccccc3c1-2. The Balaban J connectivity index is 0.000000150. The number of carbonyl (C=O) groups excluding carboxylic acids is 3. The van der Waals surface area contributed by atoms with Crippen LogP contribution in [0, 0.1) is 51.7 Å². The molecule has 661 valence electrons. The molecular formula is C113H101Ir3N9O6. The molecule has 2 aliphatic heterocycles. The van der Waals surface area contributed by atoms with Crippen LogP contribution in [0.5, 0.6) is 0 Å². The fraction of sp³-hybridized carbons (Fsp3) is 0.142. The van der Waals surface area contributed by atoms with Crippen molar-refractivity contribution in [1.82, 2.24) is 34.9 Å². The first-order valence-electron chi connectivity index (χ1n) is 42.8. The average Bonchev–Trinajstić information content (AvgIpc) is 1.66. The molecule has 0 unspecified atom stereocenters. The summed E-state index contributed by atoms with van der Waals surface area (Å²) < 4.78 is 4.78. The molecule has 15 nitrogen and oxygen atoms in total. The number of hydrogen-bond donors (Lipinski definition) is 3. The van der Waals surface area contributed by atoms with E-state index in [1.807, 2.05) is 120 Å². The molecule has 19 aromatic rings. The van der Waals surface area contributed by atoms with Gasteiger partial charge in [-0.25, -0.2) is 4.98 Å². The van der Waals surface area contributed by atoms with E-state index in [4.69, 9.17) is 25.2 Å². The van der Waals surface area contributed by atoms with Crippen LogP contribution < -0.4 is 9.13 Å². The van der Waals surface area contributed by atoms with Gasteiger partial charge in [-0.1, -0.05) is 276 Å². The Morgan fingerprint density at radius 2 is 0.985 bits per heavy atom. The van der Waals surface area contributed by atoms with Crippen LogP contribution in [0.4, 0.5) is 0 Å². The van der Waals surface area contributed by atoms with Crippen LogP contribution in [-0.4, -0.2) is 67.6 Å². The van der Waals surface area contributed by atoms with Gasteiger partial charge in [-0.2, -0.15) is 9.13 Å². The maximum atomic E-state index is 11.0. The minimum Gasteiger partial charge on any atom is -0.512 e. The van der Waals surface area contributed by atoms with Gasteiger partial charge in [0.25, 0.3) is 0 Å². The number of fused-ring (bicyclic) bond motifs is 19. The van der Waals surface area contributed by atoms with Crippen LogP contribution >= 0.6 is 0 Å². The summed E-state index contributed by atoms with van der Waals surface area (Å²) in [5.41, 5.74) is 25.8. The van der Waals surface area contributed by atoms with Crippen molar-refractivity contribution < 1.29 is 99.2 Å². The number of ketones is 3. The average molecular weight is 2260 g/mol. The van der Waals surface area contributed by atoms with E-state index >= 15 is 0 Å². The molecular weight excluding hydrogens is 2160 g/mol. The Bertz CT molecular complexity index is 7350. The zero-order valence-electron chi connectivity index (χ0n) is 75.0. The van der Waals surface area contributed by atoms with Crippen molar-refractivity contribution in [3.05, 3.63) is 403 Å². The molecule has 2 aliphatic rings. The van der Waals surface area contributed by atoms with Crippen molar-refractivity contribution in [2.75, 3.05) is 0 Å². The number of benzene rings is 13. The van der Waals surface area contributed by atoms with Crippen LogP contribution in [0.2, 0.25) is 0 Å². The Hall–Kier alpha value is -13.7. The smallest absolute Gasteiger partial charge is 0.221 e. The maximum Gasteiger partial charge on any atom is 0.221 e. The number of nitrogens with zero attached hydrogens (tertiary/aromatic N) is 9. The molecule has 3 N–H and O–H groups in total. The predicted octanol–water partition coefficient (Wildman–Crippen LogP) is 25.7. The zero-order chi connectivity index (χ0) is 90.1. The number of aliphatic hydroxyl groups excluding tert-OH is 3. The standard InChI is InChI=1S/C29H19N2.2C17H14N.C16H12N.C15H10N4.C9H16O2.2C5H8O2.3Ir/c1-19-18-30-28-24-14-12-22(20-8-4-2-5-9-20)16-26(24)27-17-23(21-10-6-3-7-11-21)13-15-25(27)29(28)31-19;1-12-10-13-6-3-5-9-16(13)18-11-14-7-2-4-8-15(14)17(12)18;1-12-9-13(2)11-15(10-12)17-8-7-14-5-3-4-6-16(14)18-17;1-3-7-14-12(5-1)9-10-17-11-13-6-2-4-8-15(13)16(14)17;1-2-6-12-11(5-1)9-10-16-15(12)19-17-13-7-3-4-8-14(13)18-19;1-6(2)8(10)5-9(11)7(3)4;2*1-4(6)3-5(2)7;;;/h2-13,15-18H,1H3;2-10H,11H2,1H3;3-10H,1-2H3;1-10H,11H2;1-10H;5-7,10H,1-4H3;2*3,6H,1-2H3;;;/q-1;+1;-1;+1;;;;;;;. The molecule has 21 rings (SSSR count). The Labute approximate surface area is 804 Å². The fourth-order valence-electron chi connectivity index (χ4n) is 15.7. The van der Waals surface area contributed by atoms with E-state index in [9.17, 15) is 19.5 Å². The normalized spacial score (nSPS) is 11.4. The summed E-state index contributed by atoms with van der Waals surface area (Å²) in [5, 5.41) is 46.7. The topological polar surface area (TPSA) is 202 Å². The van der Waals surface area contributed by atoms with E-state index in [0.717, 1.165) is 102 Å². The number of carbonyl (C=O) groups is 3. The Morgan fingerprint density at radius 1 is 0.443 bits per heavy atom. The molecule has 18 heteroatoms. The Kier molecular flexibility index (Phi) is 34.1. The summed E-state index contributed by atoms with van der Waals surface area (Å²) in [6.07, 6.45) is 9.46.